The lowest BCUT2D eigenvalue weighted by molar-refractivity contribution is -0.00322. The maximum Gasteiger partial charge on any atom is 0.0659 e. The van der Waals surface area contributed by atoms with Gasteiger partial charge in [0.2, 0.25) is 0 Å². The minimum absolute atomic E-state index is 0.0260. The molecule has 0 unspecified atom stereocenters. The first-order chi connectivity index (χ1) is 5.34. The molecule has 12 heavy (non-hydrogen) atoms. The predicted molar refractivity (Wildman–Crippen MR) is 50.7 cm³/mol. The van der Waals surface area contributed by atoms with Gasteiger partial charge in [0.25, 0.3) is 0 Å². The van der Waals surface area contributed by atoms with Gasteiger partial charge in [-0.25, -0.2) is 0 Å². The molecule has 1 fully saturated rings. The van der Waals surface area contributed by atoms with Crippen molar-refractivity contribution in [3.63, 3.8) is 0 Å². The van der Waals surface area contributed by atoms with Crippen LogP contribution in [0.25, 0.3) is 0 Å². The molecule has 0 spiro atoms. The Morgan fingerprint density at radius 1 is 1.58 bits per heavy atom. The first-order valence-electron chi connectivity index (χ1n) is 4.73. The van der Waals surface area contributed by atoms with Crippen LogP contribution in [0.5, 0.6) is 0 Å². The van der Waals surface area contributed by atoms with Crippen LogP contribution in [0.2, 0.25) is 0 Å². The first-order valence-corrected chi connectivity index (χ1v) is 4.73. The summed E-state index contributed by atoms with van der Waals surface area (Å²) in [6.45, 7) is 8.99. The van der Waals surface area contributed by atoms with Crippen LogP contribution in [0.3, 0.4) is 0 Å². The van der Waals surface area contributed by atoms with Gasteiger partial charge in [-0.15, -0.1) is 0 Å². The zero-order valence-electron chi connectivity index (χ0n) is 8.59. The van der Waals surface area contributed by atoms with Crippen LogP contribution in [-0.2, 0) is 0 Å². The molecule has 0 aromatic carbocycles. The zero-order chi connectivity index (χ0) is 9.57. The van der Waals surface area contributed by atoms with Crippen molar-refractivity contribution in [1.29, 1.82) is 0 Å². The summed E-state index contributed by atoms with van der Waals surface area (Å²) in [4.78, 5) is 0. The van der Waals surface area contributed by atoms with Gasteiger partial charge in [0.15, 0.2) is 0 Å². The van der Waals surface area contributed by atoms with Gasteiger partial charge in [-0.3, -0.25) is 0 Å². The van der Waals surface area contributed by atoms with Crippen LogP contribution in [0, 0.1) is 16.7 Å². The van der Waals surface area contributed by atoms with E-state index in [9.17, 15) is 5.11 Å². The van der Waals surface area contributed by atoms with Crippen LogP contribution in [0.4, 0.5) is 0 Å². The van der Waals surface area contributed by atoms with Gasteiger partial charge < -0.3 is 10.8 Å². The Kier molecular flexibility index (Phi) is 2.26. The molecule has 0 heterocycles. The molecule has 3 N–H and O–H groups in total. The molecule has 0 amide bonds. The molecule has 0 saturated heterocycles. The molecule has 3 atom stereocenters. The lowest BCUT2D eigenvalue weighted by atomic mass is 9.78. The summed E-state index contributed by atoms with van der Waals surface area (Å²) in [5, 5.41) is 10.1. The molecule has 1 aliphatic rings. The summed E-state index contributed by atoms with van der Waals surface area (Å²) < 4.78 is 0. The van der Waals surface area contributed by atoms with Crippen molar-refractivity contribution in [3.8, 4) is 0 Å². The highest BCUT2D eigenvalue weighted by Crippen LogP contribution is 2.57. The third-order valence-electron chi connectivity index (χ3n) is 3.25. The van der Waals surface area contributed by atoms with Gasteiger partial charge in [0, 0.05) is 12.0 Å². The molecule has 0 aliphatic heterocycles. The van der Waals surface area contributed by atoms with Crippen molar-refractivity contribution in [2.75, 3.05) is 6.54 Å². The summed E-state index contributed by atoms with van der Waals surface area (Å²) >= 11 is 0. The van der Waals surface area contributed by atoms with E-state index in [1.165, 1.54) is 0 Å². The highest BCUT2D eigenvalue weighted by atomic mass is 16.3. The molecule has 0 aromatic heterocycles. The molecule has 0 radical (unpaired) electrons. The number of hydrogen-bond acceptors (Lipinski definition) is 2. The molecule has 0 bridgehead atoms. The van der Waals surface area contributed by atoms with Crippen molar-refractivity contribution in [3.05, 3.63) is 0 Å². The van der Waals surface area contributed by atoms with Gasteiger partial charge in [-0.05, 0) is 17.8 Å². The molecule has 1 aliphatic carbocycles. The molecule has 0 aromatic rings. The van der Waals surface area contributed by atoms with E-state index in [1.54, 1.807) is 0 Å². The van der Waals surface area contributed by atoms with Crippen molar-refractivity contribution < 1.29 is 5.11 Å². The number of rotatable bonds is 2. The summed E-state index contributed by atoms with van der Waals surface area (Å²) in [5.74, 6) is 0.594. The van der Waals surface area contributed by atoms with E-state index in [2.05, 4.69) is 27.7 Å². The Labute approximate surface area is 75.2 Å². The highest BCUT2D eigenvalue weighted by Gasteiger charge is 2.57. The van der Waals surface area contributed by atoms with Gasteiger partial charge >= 0.3 is 0 Å². The standard InChI is InChI=1S/C10H21NO/c1-7-5-10(7,6-11)8(12)9(2,3)4/h7-8,12H,5-6,11H2,1-4H3/t7-,8-,10+/m1/s1. The van der Waals surface area contributed by atoms with Crippen LogP contribution in [0.1, 0.15) is 34.1 Å². The van der Waals surface area contributed by atoms with Gasteiger partial charge in [0.05, 0.1) is 6.10 Å². The Hall–Kier alpha value is -0.0800. The molecule has 1 saturated carbocycles. The summed E-state index contributed by atoms with van der Waals surface area (Å²) in [6, 6.07) is 0. The van der Waals surface area contributed by atoms with E-state index in [1.807, 2.05) is 0 Å². The topological polar surface area (TPSA) is 46.2 Å². The van der Waals surface area contributed by atoms with Gasteiger partial charge in [0.1, 0.15) is 0 Å². The lowest BCUT2D eigenvalue weighted by Gasteiger charge is -2.33. The molecule has 2 nitrogen and oxygen atoms in total. The minimum Gasteiger partial charge on any atom is -0.392 e. The largest absolute Gasteiger partial charge is 0.392 e. The third-order valence-corrected chi connectivity index (χ3v) is 3.25. The van der Waals surface area contributed by atoms with Crippen LogP contribution >= 0.6 is 0 Å². The maximum absolute atomic E-state index is 10.1. The second-order valence-electron chi connectivity index (χ2n) is 5.31. The Bertz CT molecular complexity index is 169. The monoisotopic (exact) mass is 171 g/mol. The first kappa shape index (κ1) is 10.0. The fourth-order valence-corrected chi connectivity index (χ4v) is 2.15. The molecule has 1 rings (SSSR count). The van der Waals surface area contributed by atoms with Crippen LogP contribution in [0.15, 0.2) is 0 Å². The SMILES string of the molecule is C[C@@H]1C[C@@]1(CN)[C@H](O)C(C)(C)C. The quantitative estimate of drug-likeness (QED) is 0.659. The normalized spacial score (nSPS) is 38.0. The lowest BCUT2D eigenvalue weighted by Crippen LogP contribution is -2.40. The third kappa shape index (κ3) is 1.38. The van der Waals surface area contributed by atoms with Crippen molar-refractivity contribution in [1.82, 2.24) is 0 Å². The van der Waals surface area contributed by atoms with Crippen LogP contribution < -0.4 is 5.73 Å². The molecular weight excluding hydrogens is 150 g/mol. The second-order valence-corrected chi connectivity index (χ2v) is 5.31. The van der Waals surface area contributed by atoms with Crippen molar-refractivity contribution >= 4 is 0 Å². The number of aliphatic hydroxyl groups excluding tert-OH is 1. The average molecular weight is 171 g/mol. The highest BCUT2D eigenvalue weighted by molar-refractivity contribution is 5.08. The molecule has 2 heteroatoms. The second kappa shape index (κ2) is 2.71. The Balaban J connectivity index is 2.70. The van der Waals surface area contributed by atoms with E-state index in [-0.39, 0.29) is 16.9 Å². The number of nitrogens with two attached hydrogens (primary N) is 1. The van der Waals surface area contributed by atoms with E-state index >= 15 is 0 Å². The summed E-state index contributed by atoms with van der Waals surface area (Å²) in [7, 11) is 0. The van der Waals surface area contributed by atoms with E-state index in [0.717, 1.165) is 6.42 Å². The van der Waals surface area contributed by atoms with E-state index in [0.29, 0.717) is 12.5 Å². The summed E-state index contributed by atoms with van der Waals surface area (Å²) in [5.41, 5.74) is 5.69. The van der Waals surface area contributed by atoms with Crippen molar-refractivity contribution in [2.45, 2.75) is 40.2 Å². The smallest absolute Gasteiger partial charge is 0.0659 e. The Morgan fingerprint density at radius 2 is 2.00 bits per heavy atom. The Morgan fingerprint density at radius 3 is 2.08 bits per heavy atom. The minimum atomic E-state index is -0.259. The summed E-state index contributed by atoms with van der Waals surface area (Å²) in [6.07, 6.45) is 0.826. The molecular formula is C10H21NO. The fourth-order valence-electron chi connectivity index (χ4n) is 2.15. The van der Waals surface area contributed by atoms with Crippen LogP contribution in [-0.4, -0.2) is 17.8 Å². The van der Waals surface area contributed by atoms with Crippen molar-refractivity contribution in [2.24, 2.45) is 22.5 Å². The number of aliphatic hydroxyl groups is 1. The van der Waals surface area contributed by atoms with E-state index in [4.69, 9.17) is 5.73 Å². The fraction of sp³-hybridized carbons (Fsp3) is 1.00. The van der Waals surface area contributed by atoms with Gasteiger partial charge in [-0.2, -0.15) is 0 Å². The average Bonchev–Trinajstić information content (AvgIpc) is 2.59. The zero-order valence-corrected chi connectivity index (χ0v) is 8.59. The maximum atomic E-state index is 10.1. The predicted octanol–water partition coefficient (Wildman–Crippen LogP) is 1.38. The van der Waals surface area contributed by atoms with Gasteiger partial charge in [-0.1, -0.05) is 27.7 Å². The van der Waals surface area contributed by atoms with E-state index < -0.39 is 0 Å². The molecule has 72 valence electrons. The number of hydrogen-bond donors (Lipinski definition) is 2.